The summed E-state index contributed by atoms with van der Waals surface area (Å²) in [5.74, 6) is 3.14. The van der Waals surface area contributed by atoms with E-state index >= 15 is 0 Å². The summed E-state index contributed by atoms with van der Waals surface area (Å²) in [4.78, 5) is 15.8. The first-order valence-corrected chi connectivity index (χ1v) is 28.6. The van der Waals surface area contributed by atoms with Crippen LogP contribution in [0.1, 0.15) is 107 Å². The summed E-state index contributed by atoms with van der Waals surface area (Å²) in [6.45, 7) is 20.2. The number of furan rings is 2. The van der Waals surface area contributed by atoms with Gasteiger partial charge in [0.05, 0.1) is 44.7 Å². The van der Waals surface area contributed by atoms with Crippen molar-refractivity contribution in [3.05, 3.63) is 222 Å². The Morgan fingerprint density at radius 2 is 0.952 bits per heavy atom. The van der Waals surface area contributed by atoms with Gasteiger partial charge in [-0.05, 0) is 153 Å². The monoisotopic (exact) mass is 1260 g/mol. The number of nitrogens with zero attached hydrogens (tertiary/aromatic N) is 5. The first-order chi connectivity index (χ1) is 39.9. The number of hydrogen-bond acceptors (Lipinski definition) is 6. The molecule has 0 saturated heterocycles. The van der Waals surface area contributed by atoms with Crippen LogP contribution in [0.2, 0.25) is 0 Å². The van der Waals surface area contributed by atoms with Crippen molar-refractivity contribution in [2.24, 2.45) is 0 Å². The minimum Gasteiger partial charge on any atom is -0.500 e. The van der Waals surface area contributed by atoms with Gasteiger partial charge in [-0.25, -0.2) is 4.98 Å². The van der Waals surface area contributed by atoms with Crippen LogP contribution in [0, 0.1) is 19.1 Å². The quantitative estimate of drug-likeness (QED) is 0.113. The van der Waals surface area contributed by atoms with Gasteiger partial charge in [0.2, 0.25) is 5.71 Å². The van der Waals surface area contributed by atoms with E-state index in [0.29, 0.717) is 45.3 Å². The van der Waals surface area contributed by atoms with Gasteiger partial charge >= 0.3 is 21.1 Å². The molecule has 0 aliphatic rings. The van der Waals surface area contributed by atoms with Gasteiger partial charge < -0.3 is 22.7 Å². The van der Waals surface area contributed by atoms with E-state index < -0.39 is 0 Å². The van der Waals surface area contributed by atoms with Gasteiger partial charge in [-0.2, -0.15) is 0 Å². The van der Waals surface area contributed by atoms with E-state index in [1.54, 1.807) is 0 Å². The summed E-state index contributed by atoms with van der Waals surface area (Å²) < 4.78 is 25.7. The van der Waals surface area contributed by atoms with Gasteiger partial charge in [-0.15, -0.1) is 23.8 Å². The molecule has 0 amide bonds. The van der Waals surface area contributed by atoms with E-state index in [-0.39, 0.29) is 44.7 Å². The fourth-order valence-electron chi connectivity index (χ4n) is 12.1. The van der Waals surface area contributed by atoms with Crippen molar-refractivity contribution in [3.63, 3.8) is 0 Å². The third-order valence-electron chi connectivity index (χ3n) is 16.1. The van der Waals surface area contributed by atoms with Gasteiger partial charge in [0.15, 0.2) is 0 Å². The van der Waals surface area contributed by atoms with E-state index in [2.05, 4.69) is 222 Å². The zero-order valence-electron chi connectivity index (χ0n) is 47.9. The minimum absolute atomic E-state index is 0. The van der Waals surface area contributed by atoms with E-state index in [0.717, 1.165) is 72.1 Å². The van der Waals surface area contributed by atoms with Crippen molar-refractivity contribution in [1.29, 1.82) is 0 Å². The number of benzene rings is 9. The molecule has 8 nitrogen and oxygen atoms in total. The standard InChI is InChI=1S/C74H61N5O3.Pt/c1-42(2)56-36-50(47-21-12-10-13-22-47)37-57(43(3)4)68(56)78-64-29-18-16-27-62(64)76-72(78)49-25-20-26-52(35-49)80-53-40-60-67-66(34-33-54-55-32-31-46(9)75-74(55)82-71(54)67)81-70(60)61(41-53)73-77-63-28-17-19-30-65(63)79(73)69-58(44(5)6)38-51(39-59(69)45(7)8)48-23-14-11-15-24-48;/h10-34,36-40,42-45H,1-9H3;/q-2;+2. The van der Waals surface area contributed by atoms with Crippen LogP contribution in [0.15, 0.2) is 191 Å². The molecule has 0 spiro atoms. The molecule has 0 bridgehead atoms. The van der Waals surface area contributed by atoms with Crippen molar-refractivity contribution in [2.75, 3.05) is 0 Å². The molecule has 0 radical (unpaired) electrons. The predicted octanol–water partition coefficient (Wildman–Crippen LogP) is 20.4. The second kappa shape index (κ2) is 21.2. The molecule has 5 heterocycles. The van der Waals surface area contributed by atoms with Crippen LogP contribution in [0.25, 0.3) is 122 Å². The van der Waals surface area contributed by atoms with Crippen LogP contribution < -0.4 is 4.74 Å². The van der Waals surface area contributed by atoms with Crippen LogP contribution >= 0.6 is 0 Å². The van der Waals surface area contributed by atoms with E-state index in [1.165, 1.54) is 44.5 Å². The average Bonchev–Trinajstić information content (AvgIpc) is 3.28. The van der Waals surface area contributed by atoms with Crippen LogP contribution in [0.4, 0.5) is 0 Å². The predicted molar refractivity (Wildman–Crippen MR) is 335 cm³/mol. The molecule has 410 valence electrons. The number of ether oxygens (including phenoxy) is 1. The zero-order chi connectivity index (χ0) is 56.1. The molecular weight excluding hydrogens is 1200 g/mol. The Labute approximate surface area is 497 Å². The van der Waals surface area contributed by atoms with Gasteiger partial charge in [-0.1, -0.05) is 164 Å². The van der Waals surface area contributed by atoms with E-state index in [4.69, 9.17) is 28.5 Å². The summed E-state index contributed by atoms with van der Waals surface area (Å²) >= 11 is 0. The molecular formula is C74H61N5O3Pt. The van der Waals surface area contributed by atoms with Gasteiger partial charge in [0.1, 0.15) is 11.2 Å². The summed E-state index contributed by atoms with van der Waals surface area (Å²) in [6, 6.07) is 71.4. The van der Waals surface area contributed by atoms with Crippen LogP contribution in [0.3, 0.4) is 0 Å². The molecule has 14 rings (SSSR count). The third-order valence-corrected chi connectivity index (χ3v) is 16.1. The first-order valence-electron chi connectivity index (χ1n) is 28.6. The van der Waals surface area contributed by atoms with E-state index in [9.17, 15) is 0 Å². The molecule has 9 heteroatoms. The summed E-state index contributed by atoms with van der Waals surface area (Å²) in [5, 5.41) is 3.49. The van der Waals surface area contributed by atoms with Crippen LogP contribution in [-0.4, -0.2) is 24.1 Å². The van der Waals surface area contributed by atoms with Gasteiger partial charge in [0.25, 0.3) is 0 Å². The van der Waals surface area contributed by atoms with Crippen molar-refractivity contribution in [1.82, 2.24) is 24.1 Å². The fourth-order valence-corrected chi connectivity index (χ4v) is 12.1. The van der Waals surface area contributed by atoms with E-state index in [1.807, 2.05) is 43.3 Å². The Morgan fingerprint density at radius 3 is 1.52 bits per heavy atom. The summed E-state index contributed by atoms with van der Waals surface area (Å²) in [7, 11) is 0. The Morgan fingerprint density at radius 1 is 0.434 bits per heavy atom. The number of aromatic nitrogens is 5. The molecule has 83 heavy (non-hydrogen) atoms. The van der Waals surface area contributed by atoms with Crippen LogP contribution in [0.5, 0.6) is 11.5 Å². The van der Waals surface area contributed by atoms with Gasteiger partial charge in [0, 0.05) is 39.3 Å². The number of aryl methyl sites for hydroxylation is 1. The normalized spacial score (nSPS) is 12.0. The zero-order valence-corrected chi connectivity index (χ0v) is 50.2. The Hall–Kier alpha value is -8.84. The molecule has 14 aromatic rings. The maximum Gasteiger partial charge on any atom is 2.00 e. The van der Waals surface area contributed by atoms with Crippen molar-refractivity contribution < 1.29 is 34.6 Å². The number of para-hydroxylation sites is 4. The number of fused-ring (bicyclic) bond motifs is 9. The average molecular weight is 1260 g/mol. The molecule has 0 N–H and O–H groups in total. The maximum atomic E-state index is 7.16. The molecule has 9 aromatic carbocycles. The SMILES string of the molecule is Cc1ccc2c(n1)oc1c2ccc2oc3c(-c4nc5ccccc5n4-c4c(C(C)C)cc(-c5ccccc5)cc4C(C)C)[c-]c(Oc4[c-]c(-c5nc6ccccc6n5-c5c(C(C)C)cc(-c6ccccc6)cc5C(C)C)ccc4)cc3c21.[Pt+2]. The fraction of sp³-hybridized carbons (Fsp3) is 0.176. The Kier molecular flexibility index (Phi) is 13.6. The molecule has 0 aliphatic heterocycles. The Bertz CT molecular complexity index is 4750. The topological polar surface area (TPSA) is 84.0 Å². The molecule has 5 aromatic heterocycles. The van der Waals surface area contributed by atoms with Gasteiger partial charge in [-0.3, -0.25) is 9.97 Å². The second-order valence-corrected chi connectivity index (χ2v) is 23.0. The third kappa shape index (κ3) is 9.15. The van der Waals surface area contributed by atoms with Crippen molar-refractivity contribution >= 4 is 66.1 Å². The second-order valence-electron chi connectivity index (χ2n) is 23.0. The number of pyridine rings is 1. The molecule has 0 fully saturated rings. The number of hydrogen-bond donors (Lipinski definition) is 0. The molecule has 0 unspecified atom stereocenters. The van der Waals surface area contributed by atoms with Crippen LogP contribution in [-0.2, 0) is 21.1 Å². The number of imidazole rings is 2. The maximum absolute atomic E-state index is 7.16. The summed E-state index contributed by atoms with van der Waals surface area (Å²) in [6.07, 6.45) is 0. The largest absolute Gasteiger partial charge is 2.00 e. The Balaban J connectivity index is 0.00000645. The minimum atomic E-state index is 0. The first kappa shape index (κ1) is 53.5. The molecule has 0 atom stereocenters. The molecule has 0 aliphatic carbocycles. The smallest absolute Gasteiger partial charge is 0.500 e. The van der Waals surface area contributed by atoms with Crippen molar-refractivity contribution in [3.8, 4) is 67.9 Å². The summed E-state index contributed by atoms with van der Waals surface area (Å²) in [5.41, 5.74) is 20.5. The van der Waals surface area contributed by atoms with Crippen molar-refractivity contribution in [2.45, 2.75) is 86.0 Å². The number of rotatable bonds is 12. The molecule has 0 saturated carbocycles.